The van der Waals surface area contributed by atoms with Gasteiger partial charge in [-0.05, 0) is 56.2 Å². The van der Waals surface area contributed by atoms with Gasteiger partial charge in [0.2, 0.25) is 10.0 Å². The molecule has 6 nitrogen and oxygen atoms in total. The molecule has 1 saturated heterocycles. The van der Waals surface area contributed by atoms with Crippen molar-refractivity contribution >= 4 is 26.8 Å². The van der Waals surface area contributed by atoms with E-state index in [2.05, 4.69) is 11.1 Å². The van der Waals surface area contributed by atoms with Gasteiger partial charge in [0.15, 0.2) is 0 Å². The van der Waals surface area contributed by atoms with Gasteiger partial charge in [-0.1, -0.05) is 23.8 Å². The lowest BCUT2D eigenvalue weighted by atomic mass is 10.1. The summed E-state index contributed by atoms with van der Waals surface area (Å²) >= 11 is 0. The molecule has 1 amide bonds. The molecule has 1 aromatic heterocycles. The van der Waals surface area contributed by atoms with Gasteiger partial charge in [0, 0.05) is 37.1 Å². The molecule has 0 unspecified atom stereocenters. The highest BCUT2D eigenvalue weighted by Crippen LogP contribution is 2.23. The van der Waals surface area contributed by atoms with E-state index in [1.54, 1.807) is 29.2 Å². The highest BCUT2D eigenvalue weighted by Gasteiger charge is 2.30. The summed E-state index contributed by atoms with van der Waals surface area (Å²) in [6, 6.07) is 12.9. The molecular weight excluding hydrogens is 386 g/mol. The molecule has 152 valence electrons. The molecule has 0 bridgehead atoms. The minimum Gasteiger partial charge on any atom is -0.351 e. The average Bonchev–Trinajstić information content (AvgIpc) is 3.12. The summed E-state index contributed by atoms with van der Waals surface area (Å²) < 4.78 is 27.2. The molecule has 0 saturated carbocycles. The van der Waals surface area contributed by atoms with Crippen molar-refractivity contribution in [3.05, 3.63) is 64.8 Å². The Morgan fingerprint density at radius 1 is 0.897 bits per heavy atom. The standard InChI is InChI=1S/C22H25N3O3S/c1-15-4-6-18(7-5-15)29(27,28)25-10-8-24(9-11-25)22(26)21-14-19-17(3)12-16(2)13-20(19)23-21/h4-7,12-14,23H,8-11H2,1-3H3. The monoisotopic (exact) mass is 411 g/mol. The van der Waals surface area contributed by atoms with Gasteiger partial charge in [-0.3, -0.25) is 4.79 Å². The van der Waals surface area contributed by atoms with Crippen LogP contribution in [-0.4, -0.2) is 54.7 Å². The van der Waals surface area contributed by atoms with Gasteiger partial charge >= 0.3 is 0 Å². The number of nitrogens with zero attached hydrogens (tertiary/aromatic N) is 2. The number of hydrogen-bond donors (Lipinski definition) is 1. The Balaban J connectivity index is 1.49. The Hall–Kier alpha value is -2.64. The van der Waals surface area contributed by atoms with Crippen LogP contribution >= 0.6 is 0 Å². The predicted molar refractivity (Wildman–Crippen MR) is 114 cm³/mol. The molecule has 1 fully saturated rings. The number of carbonyl (C=O) groups excluding carboxylic acids is 1. The summed E-state index contributed by atoms with van der Waals surface area (Å²) in [7, 11) is -3.54. The van der Waals surface area contributed by atoms with Crippen molar-refractivity contribution in [3.8, 4) is 0 Å². The first-order valence-electron chi connectivity index (χ1n) is 9.72. The highest BCUT2D eigenvalue weighted by molar-refractivity contribution is 7.89. The zero-order valence-corrected chi connectivity index (χ0v) is 17.7. The minimum atomic E-state index is -3.54. The van der Waals surface area contributed by atoms with Crippen LogP contribution in [0.3, 0.4) is 0 Å². The zero-order chi connectivity index (χ0) is 20.8. The Morgan fingerprint density at radius 2 is 1.55 bits per heavy atom. The molecule has 4 rings (SSSR count). The van der Waals surface area contributed by atoms with Gasteiger partial charge in [0.1, 0.15) is 5.69 Å². The molecule has 29 heavy (non-hydrogen) atoms. The van der Waals surface area contributed by atoms with Crippen LogP contribution in [0.15, 0.2) is 47.4 Å². The third-order valence-corrected chi connectivity index (χ3v) is 7.42. The molecule has 0 atom stereocenters. The number of benzene rings is 2. The quantitative estimate of drug-likeness (QED) is 0.719. The van der Waals surface area contributed by atoms with Gasteiger partial charge in [-0.25, -0.2) is 8.42 Å². The van der Waals surface area contributed by atoms with Gasteiger partial charge < -0.3 is 9.88 Å². The van der Waals surface area contributed by atoms with Crippen LogP contribution in [0.25, 0.3) is 10.9 Å². The van der Waals surface area contributed by atoms with E-state index >= 15 is 0 Å². The van der Waals surface area contributed by atoms with Crippen molar-refractivity contribution in [1.29, 1.82) is 0 Å². The molecule has 3 aromatic rings. The fraction of sp³-hybridized carbons (Fsp3) is 0.318. The van der Waals surface area contributed by atoms with E-state index in [-0.39, 0.29) is 5.91 Å². The lowest BCUT2D eigenvalue weighted by Gasteiger charge is -2.33. The summed E-state index contributed by atoms with van der Waals surface area (Å²) in [6.07, 6.45) is 0. The first-order valence-corrected chi connectivity index (χ1v) is 11.2. The summed E-state index contributed by atoms with van der Waals surface area (Å²) in [4.78, 5) is 18.2. The number of fused-ring (bicyclic) bond motifs is 1. The average molecular weight is 412 g/mol. The number of amides is 1. The van der Waals surface area contributed by atoms with E-state index in [1.807, 2.05) is 32.9 Å². The van der Waals surface area contributed by atoms with E-state index < -0.39 is 10.0 Å². The van der Waals surface area contributed by atoms with Crippen molar-refractivity contribution in [3.63, 3.8) is 0 Å². The number of H-pyrrole nitrogens is 1. The third kappa shape index (κ3) is 3.68. The van der Waals surface area contributed by atoms with Crippen LogP contribution < -0.4 is 0 Å². The molecular formula is C22H25N3O3S. The van der Waals surface area contributed by atoms with Crippen molar-refractivity contribution in [2.75, 3.05) is 26.2 Å². The van der Waals surface area contributed by atoms with Crippen LogP contribution in [0, 0.1) is 20.8 Å². The van der Waals surface area contributed by atoms with E-state index in [9.17, 15) is 13.2 Å². The van der Waals surface area contributed by atoms with E-state index in [0.29, 0.717) is 36.8 Å². The maximum absolute atomic E-state index is 13.0. The maximum Gasteiger partial charge on any atom is 0.270 e. The van der Waals surface area contributed by atoms with Gasteiger partial charge in [0.05, 0.1) is 4.90 Å². The second kappa shape index (κ2) is 7.31. The summed E-state index contributed by atoms with van der Waals surface area (Å²) in [5, 5.41) is 1.04. The molecule has 0 spiro atoms. The molecule has 2 aromatic carbocycles. The zero-order valence-electron chi connectivity index (χ0n) is 16.9. The smallest absolute Gasteiger partial charge is 0.270 e. The number of aromatic nitrogens is 1. The van der Waals surface area contributed by atoms with E-state index in [0.717, 1.165) is 27.6 Å². The van der Waals surface area contributed by atoms with Crippen LogP contribution in [-0.2, 0) is 10.0 Å². The Kier molecular flexibility index (Phi) is 4.96. The van der Waals surface area contributed by atoms with Crippen molar-refractivity contribution < 1.29 is 13.2 Å². The highest BCUT2D eigenvalue weighted by atomic mass is 32.2. The Labute approximate surface area is 171 Å². The van der Waals surface area contributed by atoms with Crippen LogP contribution in [0.5, 0.6) is 0 Å². The summed E-state index contributed by atoms with van der Waals surface area (Å²) in [6.45, 7) is 7.32. The maximum atomic E-state index is 13.0. The molecule has 0 radical (unpaired) electrons. The first-order chi connectivity index (χ1) is 13.8. The van der Waals surface area contributed by atoms with Crippen molar-refractivity contribution in [2.45, 2.75) is 25.7 Å². The number of piperazine rings is 1. The van der Waals surface area contributed by atoms with Crippen molar-refractivity contribution in [1.82, 2.24) is 14.2 Å². The minimum absolute atomic E-state index is 0.0920. The summed E-state index contributed by atoms with van der Waals surface area (Å²) in [5.74, 6) is -0.0920. The van der Waals surface area contributed by atoms with E-state index in [1.165, 1.54) is 4.31 Å². The number of rotatable bonds is 3. The molecule has 1 aliphatic heterocycles. The number of aryl methyl sites for hydroxylation is 3. The van der Waals surface area contributed by atoms with Crippen molar-refractivity contribution in [2.24, 2.45) is 0 Å². The largest absolute Gasteiger partial charge is 0.351 e. The van der Waals surface area contributed by atoms with Gasteiger partial charge in [-0.15, -0.1) is 0 Å². The molecule has 7 heteroatoms. The fourth-order valence-electron chi connectivity index (χ4n) is 3.88. The lowest BCUT2D eigenvalue weighted by molar-refractivity contribution is 0.0693. The molecule has 2 heterocycles. The third-order valence-electron chi connectivity index (χ3n) is 5.50. The molecule has 1 aliphatic rings. The predicted octanol–water partition coefficient (Wildman–Crippen LogP) is 3.24. The Bertz CT molecular complexity index is 1170. The van der Waals surface area contributed by atoms with E-state index in [4.69, 9.17) is 0 Å². The number of nitrogens with one attached hydrogen (secondary N) is 1. The molecule has 1 N–H and O–H groups in total. The second-order valence-electron chi connectivity index (χ2n) is 7.74. The second-order valence-corrected chi connectivity index (χ2v) is 9.67. The number of carbonyl (C=O) groups is 1. The lowest BCUT2D eigenvalue weighted by Crippen LogP contribution is -2.50. The number of aromatic amines is 1. The van der Waals surface area contributed by atoms with Gasteiger partial charge in [0.25, 0.3) is 5.91 Å². The summed E-state index contributed by atoms with van der Waals surface area (Å²) in [5.41, 5.74) is 4.79. The first kappa shape index (κ1) is 19.7. The number of hydrogen-bond acceptors (Lipinski definition) is 3. The van der Waals surface area contributed by atoms with Crippen LogP contribution in [0.4, 0.5) is 0 Å². The van der Waals surface area contributed by atoms with Gasteiger partial charge in [-0.2, -0.15) is 4.31 Å². The van der Waals surface area contributed by atoms with Crippen LogP contribution in [0.1, 0.15) is 27.2 Å². The molecule has 0 aliphatic carbocycles. The fourth-order valence-corrected chi connectivity index (χ4v) is 5.30. The SMILES string of the molecule is Cc1ccc(S(=O)(=O)N2CCN(C(=O)c3cc4c(C)cc(C)cc4[nH]3)CC2)cc1. The Morgan fingerprint density at radius 3 is 2.21 bits per heavy atom. The van der Waals surface area contributed by atoms with Crippen LogP contribution in [0.2, 0.25) is 0 Å². The number of sulfonamides is 1. The normalized spacial score (nSPS) is 15.8. The topological polar surface area (TPSA) is 73.5 Å².